The number of nitrogens with one attached hydrogen (secondary N) is 2. The Kier molecular flexibility index (Phi) is 5.14. The van der Waals surface area contributed by atoms with Gasteiger partial charge >= 0.3 is 0 Å². The van der Waals surface area contributed by atoms with E-state index in [9.17, 15) is 0 Å². The van der Waals surface area contributed by atoms with Crippen molar-refractivity contribution in [2.75, 3.05) is 10.6 Å². The minimum atomic E-state index is 0.563. The van der Waals surface area contributed by atoms with E-state index in [4.69, 9.17) is 12.2 Å². The summed E-state index contributed by atoms with van der Waals surface area (Å²) in [7, 11) is 0. The minimum absolute atomic E-state index is 0.563. The van der Waals surface area contributed by atoms with Gasteiger partial charge in [0.2, 0.25) is 0 Å². The summed E-state index contributed by atoms with van der Waals surface area (Å²) in [5.41, 5.74) is 6.41. The third kappa shape index (κ3) is 4.25. The monoisotopic (exact) mass is 350 g/mol. The van der Waals surface area contributed by atoms with E-state index in [0.717, 1.165) is 29.3 Å². The van der Waals surface area contributed by atoms with E-state index in [-0.39, 0.29) is 0 Å². The number of aromatic nitrogens is 2. The summed E-state index contributed by atoms with van der Waals surface area (Å²) in [6, 6.07) is 18.4. The highest BCUT2D eigenvalue weighted by molar-refractivity contribution is 7.80. The van der Waals surface area contributed by atoms with Gasteiger partial charge in [-0.3, -0.25) is 4.68 Å². The molecule has 0 bridgehead atoms. The first-order valence-corrected chi connectivity index (χ1v) is 8.66. The average molecular weight is 350 g/mol. The van der Waals surface area contributed by atoms with Gasteiger partial charge in [-0.25, -0.2) is 0 Å². The lowest BCUT2D eigenvalue weighted by Gasteiger charge is -2.11. The lowest BCUT2D eigenvalue weighted by molar-refractivity contribution is 0.659. The molecule has 128 valence electrons. The zero-order valence-electron chi connectivity index (χ0n) is 14.7. The second-order valence-corrected chi connectivity index (χ2v) is 6.55. The number of rotatable bonds is 4. The van der Waals surface area contributed by atoms with Crippen LogP contribution in [0.15, 0.2) is 54.6 Å². The number of hydrogen-bond donors (Lipinski definition) is 2. The fraction of sp³-hybridized carbons (Fsp3) is 0.200. The number of thiocarbonyl (C=S) groups is 1. The third-order valence-electron chi connectivity index (χ3n) is 4.07. The maximum absolute atomic E-state index is 5.43. The molecule has 1 heterocycles. The normalized spacial score (nSPS) is 10.5. The van der Waals surface area contributed by atoms with Gasteiger partial charge in [0.25, 0.3) is 0 Å². The van der Waals surface area contributed by atoms with Crippen molar-refractivity contribution in [2.24, 2.45) is 0 Å². The standard InChI is InChI=1S/C20H22N4S/c1-14-8-7-9-17(12-14)13-24-16(3)19(15(2)23-24)22-20(25)21-18-10-5-4-6-11-18/h4-12H,13H2,1-3H3,(H2,21,22,25). The maximum Gasteiger partial charge on any atom is 0.175 e. The zero-order chi connectivity index (χ0) is 17.8. The molecule has 0 amide bonds. The van der Waals surface area contributed by atoms with Gasteiger partial charge in [0.15, 0.2) is 5.11 Å². The largest absolute Gasteiger partial charge is 0.332 e. The lowest BCUT2D eigenvalue weighted by atomic mass is 10.1. The summed E-state index contributed by atoms with van der Waals surface area (Å²) in [6.45, 7) is 6.90. The van der Waals surface area contributed by atoms with Crippen molar-refractivity contribution in [2.45, 2.75) is 27.3 Å². The number of aryl methyl sites for hydroxylation is 2. The summed E-state index contributed by atoms with van der Waals surface area (Å²) in [4.78, 5) is 0. The highest BCUT2D eigenvalue weighted by Crippen LogP contribution is 2.21. The van der Waals surface area contributed by atoms with Crippen molar-refractivity contribution < 1.29 is 0 Å². The van der Waals surface area contributed by atoms with Crippen LogP contribution < -0.4 is 10.6 Å². The van der Waals surface area contributed by atoms with Gasteiger partial charge in [0, 0.05) is 5.69 Å². The van der Waals surface area contributed by atoms with Crippen molar-refractivity contribution >= 4 is 28.7 Å². The van der Waals surface area contributed by atoms with Crippen LogP contribution in [0.4, 0.5) is 11.4 Å². The first-order valence-electron chi connectivity index (χ1n) is 8.25. The molecule has 0 atom stereocenters. The molecule has 3 rings (SSSR count). The molecule has 0 saturated heterocycles. The highest BCUT2D eigenvalue weighted by Gasteiger charge is 2.13. The van der Waals surface area contributed by atoms with Crippen LogP contribution in [0.2, 0.25) is 0 Å². The molecule has 2 N–H and O–H groups in total. The number of nitrogens with zero attached hydrogens (tertiary/aromatic N) is 2. The molecule has 0 saturated carbocycles. The first-order chi connectivity index (χ1) is 12.0. The van der Waals surface area contributed by atoms with Gasteiger partial charge in [-0.15, -0.1) is 0 Å². The van der Waals surface area contributed by atoms with Gasteiger partial charge in [-0.1, -0.05) is 48.0 Å². The van der Waals surface area contributed by atoms with Crippen LogP contribution in [0.3, 0.4) is 0 Å². The Hall–Kier alpha value is -2.66. The second kappa shape index (κ2) is 7.49. The molecule has 0 aliphatic rings. The van der Waals surface area contributed by atoms with Gasteiger partial charge in [0.1, 0.15) is 0 Å². The van der Waals surface area contributed by atoms with E-state index in [2.05, 4.69) is 53.8 Å². The Morgan fingerprint density at radius 3 is 2.48 bits per heavy atom. The number of para-hydroxylation sites is 1. The Labute approximate surface area is 153 Å². The predicted octanol–water partition coefficient (Wildman–Crippen LogP) is 4.67. The van der Waals surface area contributed by atoms with E-state index in [1.165, 1.54) is 11.1 Å². The van der Waals surface area contributed by atoms with E-state index >= 15 is 0 Å². The minimum Gasteiger partial charge on any atom is -0.332 e. The van der Waals surface area contributed by atoms with E-state index in [1.54, 1.807) is 0 Å². The van der Waals surface area contributed by atoms with Crippen LogP contribution in [0.25, 0.3) is 0 Å². The predicted molar refractivity (Wildman–Crippen MR) is 108 cm³/mol. The molecule has 3 aromatic rings. The zero-order valence-corrected chi connectivity index (χ0v) is 15.5. The molecule has 0 fully saturated rings. The average Bonchev–Trinajstić information content (AvgIpc) is 2.83. The van der Waals surface area contributed by atoms with E-state index in [1.807, 2.05) is 41.9 Å². The van der Waals surface area contributed by atoms with Gasteiger partial charge < -0.3 is 10.6 Å². The molecule has 25 heavy (non-hydrogen) atoms. The molecule has 0 radical (unpaired) electrons. The number of benzene rings is 2. The van der Waals surface area contributed by atoms with E-state index in [0.29, 0.717) is 5.11 Å². The van der Waals surface area contributed by atoms with Crippen molar-refractivity contribution in [3.8, 4) is 0 Å². The molecule has 1 aromatic heterocycles. The van der Waals surface area contributed by atoms with Crippen LogP contribution in [-0.2, 0) is 6.54 Å². The summed E-state index contributed by atoms with van der Waals surface area (Å²) >= 11 is 5.43. The third-order valence-corrected chi connectivity index (χ3v) is 4.27. The topological polar surface area (TPSA) is 41.9 Å². The molecule has 0 aliphatic heterocycles. The Balaban J connectivity index is 1.74. The van der Waals surface area contributed by atoms with Crippen molar-refractivity contribution in [1.29, 1.82) is 0 Å². The summed E-state index contributed by atoms with van der Waals surface area (Å²) in [5, 5.41) is 11.7. The van der Waals surface area contributed by atoms with Crippen LogP contribution in [0.1, 0.15) is 22.5 Å². The second-order valence-electron chi connectivity index (χ2n) is 6.14. The van der Waals surface area contributed by atoms with Crippen LogP contribution in [0.5, 0.6) is 0 Å². The number of hydrogen-bond acceptors (Lipinski definition) is 2. The summed E-state index contributed by atoms with van der Waals surface area (Å²) in [6.07, 6.45) is 0. The van der Waals surface area contributed by atoms with Crippen LogP contribution >= 0.6 is 12.2 Å². The quantitative estimate of drug-likeness (QED) is 0.671. The molecule has 5 heteroatoms. The molecule has 2 aromatic carbocycles. The molecule has 0 aliphatic carbocycles. The van der Waals surface area contributed by atoms with Gasteiger partial charge in [-0.2, -0.15) is 5.10 Å². The molecule has 4 nitrogen and oxygen atoms in total. The van der Waals surface area contributed by atoms with E-state index < -0.39 is 0 Å². The lowest BCUT2D eigenvalue weighted by Crippen LogP contribution is -2.19. The van der Waals surface area contributed by atoms with Crippen molar-refractivity contribution in [1.82, 2.24) is 9.78 Å². The maximum atomic E-state index is 5.43. The fourth-order valence-electron chi connectivity index (χ4n) is 2.81. The SMILES string of the molecule is Cc1cccc(Cn2nc(C)c(NC(=S)Nc3ccccc3)c2C)c1. The number of anilines is 2. The first kappa shape index (κ1) is 17.2. The van der Waals surface area contributed by atoms with Crippen molar-refractivity contribution in [3.05, 3.63) is 77.1 Å². The molecular weight excluding hydrogens is 328 g/mol. The van der Waals surface area contributed by atoms with Crippen LogP contribution in [-0.4, -0.2) is 14.9 Å². The molecule has 0 unspecified atom stereocenters. The summed E-state index contributed by atoms with van der Waals surface area (Å²) < 4.78 is 2.01. The highest BCUT2D eigenvalue weighted by atomic mass is 32.1. The Morgan fingerprint density at radius 1 is 1.00 bits per heavy atom. The summed E-state index contributed by atoms with van der Waals surface area (Å²) in [5.74, 6) is 0. The fourth-order valence-corrected chi connectivity index (χ4v) is 3.03. The van der Waals surface area contributed by atoms with Gasteiger partial charge in [0.05, 0.1) is 23.6 Å². The smallest absolute Gasteiger partial charge is 0.175 e. The Bertz CT molecular complexity index is 884. The Morgan fingerprint density at radius 2 is 1.76 bits per heavy atom. The van der Waals surface area contributed by atoms with Crippen LogP contribution in [0, 0.1) is 20.8 Å². The molecule has 0 spiro atoms. The molecular formula is C20H22N4S. The van der Waals surface area contributed by atoms with Gasteiger partial charge in [-0.05, 0) is 50.7 Å². The van der Waals surface area contributed by atoms with Crippen molar-refractivity contribution in [3.63, 3.8) is 0 Å².